The van der Waals surface area contributed by atoms with Crippen LogP contribution in [0.15, 0.2) is 58.5 Å². The van der Waals surface area contributed by atoms with E-state index in [0.717, 1.165) is 37.7 Å². The molecule has 31 heavy (non-hydrogen) atoms. The van der Waals surface area contributed by atoms with E-state index in [0.29, 0.717) is 27.3 Å². The van der Waals surface area contributed by atoms with E-state index < -0.39 is 0 Å². The summed E-state index contributed by atoms with van der Waals surface area (Å²) in [7, 11) is 0. The van der Waals surface area contributed by atoms with E-state index in [1.54, 1.807) is 25.1 Å². The first kappa shape index (κ1) is 21.1. The second-order valence-corrected chi connectivity index (χ2v) is 8.14. The van der Waals surface area contributed by atoms with Gasteiger partial charge in [-0.15, -0.1) is 0 Å². The van der Waals surface area contributed by atoms with Crippen LogP contribution in [0.2, 0.25) is 0 Å². The van der Waals surface area contributed by atoms with Crippen LogP contribution in [0.1, 0.15) is 30.1 Å². The van der Waals surface area contributed by atoms with Crippen LogP contribution in [-0.4, -0.2) is 51.8 Å². The average Bonchev–Trinajstić information content (AvgIpc) is 3.33. The number of amides is 1. The summed E-state index contributed by atoms with van der Waals surface area (Å²) in [5.41, 5.74) is 1.36. The van der Waals surface area contributed by atoms with E-state index in [2.05, 4.69) is 4.98 Å². The Bertz CT molecular complexity index is 1170. The monoisotopic (exact) mass is 437 g/mol. The molecule has 0 saturated carbocycles. The van der Waals surface area contributed by atoms with Gasteiger partial charge in [-0.2, -0.15) is 0 Å². The molecule has 0 aliphatic carbocycles. The summed E-state index contributed by atoms with van der Waals surface area (Å²) in [5, 5.41) is 0.796. The minimum atomic E-state index is -0.376. The second kappa shape index (κ2) is 9.34. The molecular weight excluding hydrogens is 414 g/mol. The van der Waals surface area contributed by atoms with Crippen LogP contribution in [0, 0.1) is 0 Å². The van der Waals surface area contributed by atoms with E-state index in [1.165, 1.54) is 4.57 Å². The van der Waals surface area contributed by atoms with Gasteiger partial charge >= 0.3 is 5.97 Å². The van der Waals surface area contributed by atoms with E-state index in [-0.39, 0.29) is 29.8 Å². The Balaban J connectivity index is 1.79. The summed E-state index contributed by atoms with van der Waals surface area (Å²) in [6.07, 6.45) is 2.02. The number of nitrogens with zero attached hydrogens (tertiary/aromatic N) is 3. The van der Waals surface area contributed by atoms with E-state index in [9.17, 15) is 14.4 Å². The van der Waals surface area contributed by atoms with Crippen LogP contribution in [0.25, 0.3) is 16.6 Å². The highest BCUT2D eigenvalue weighted by molar-refractivity contribution is 7.99. The Labute approximate surface area is 184 Å². The van der Waals surface area contributed by atoms with Crippen LogP contribution < -0.4 is 5.56 Å². The van der Waals surface area contributed by atoms with Gasteiger partial charge in [-0.1, -0.05) is 30.0 Å². The van der Waals surface area contributed by atoms with Crippen molar-refractivity contribution < 1.29 is 14.3 Å². The maximum atomic E-state index is 13.4. The molecular formula is C23H23N3O4S. The largest absolute Gasteiger partial charge is 0.465 e. The highest BCUT2D eigenvalue weighted by atomic mass is 32.2. The third kappa shape index (κ3) is 4.49. The van der Waals surface area contributed by atoms with Crippen molar-refractivity contribution in [1.29, 1.82) is 0 Å². The summed E-state index contributed by atoms with van der Waals surface area (Å²) < 4.78 is 6.50. The van der Waals surface area contributed by atoms with E-state index in [4.69, 9.17) is 4.74 Å². The molecule has 0 unspecified atom stereocenters. The predicted molar refractivity (Wildman–Crippen MR) is 120 cm³/mol. The molecule has 0 atom stereocenters. The number of rotatable bonds is 6. The fraction of sp³-hybridized carbons (Fsp3) is 0.304. The van der Waals surface area contributed by atoms with E-state index in [1.807, 2.05) is 35.2 Å². The number of para-hydroxylation sites is 1. The second-order valence-electron chi connectivity index (χ2n) is 7.20. The van der Waals surface area contributed by atoms with Crippen molar-refractivity contribution in [3.8, 4) is 5.69 Å². The zero-order valence-corrected chi connectivity index (χ0v) is 18.1. The first-order valence-electron chi connectivity index (χ1n) is 10.3. The summed E-state index contributed by atoms with van der Waals surface area (Å²) in [6, 6.07) is 14.2. The number of thioether (sulfide) groups is 1. The number of benzene rings is 2. The topological polar surface area (TPSA) is 81.5 Å². The summed E-state index contributed by atoms with van der Waals surface area (Å²) in [4.78, 5) is 44.5. The van der Waals surface area contributed by atoms with Crippen LogP contribution in [0.5, 0.6) is 0 Å². The molecule has 0 spiro atoms. The third-order valence-electron chi connectivity index (χ3n) is 5.12. The van der Waals surface area contributed by atoms with Crippen molar-refractivity contribution in [2.45, 2.75) is 24.9 Å². The molecule has 1 aliphatic rings. The molecule has 2 aromatic carbocycles. The lowest BCUT2D eigenvalue weighted by Gasteiger charge is -2.16. The maximum Gasteiger partial charge on any atom is 0.316 e. The Hall–Kier alpha value is -3.13. The molecule has 0 bridgehead atoms. The van der Waals surface area contributed by atoms with Gasteiger partial charge in [0, 0.05) is 18.7 Å². The lowest BCUT2D eigenvalue weighted by atomic mass is 10.1. The molecule has 1 fully saturated rings. The molecule has 0 radical (unpaired) electrons. The number of carbonyl (C=O) groups is 2. The molecule has 1 aliphatic heterocycles. The van der Waals surface area contributed by atoms with Crippen molar-refractivity contribution in [2.75, 3.05) is 25.4 Å². The smallest absolute Gasteiger partial charge is 0.316 e. The predicted octanol–water partition coefficient (Wildman–Crippen LogP) is 3.28. The van der Waals surface area contributed by atoms with Crippen molar-refractivity contribution in [3.63, 3.8) is 0 Å². The Kier molecular flexibility index (Phi) is 6.36. The van der Waals surface area contributed by atoms with Gasteiger partial charge in [0.25, 0.3) is 11.5 Å². The third-order valence-corrected chi connectivity index (χ3v) is 6.03. The molecule has 3 aromatic rings. The van der Waals surface area contributed by atoms with Crippen LogP contribution >= 0.6 is 11.8 Å². The highest BCUT2D eigenvalue weighted by Crippen LogP contribution is 2.23. The molecule has 1 aromatic heterocycles. The number of fused-ring (bicyclic) bond motifs is 1. The van der Waals surface area contributed by atoms with Gasteiger partial charge in [-0.05, 0) is 50.1 Å². The number of hydrogen-bond acceptors (Lipinski definition) is 6. The van der Waals surface area contributed by atoms with Gasteiger partial charge in [0.15, 0.2) is 5.16 Å². The summed E-state index contributed by atoms with van der Waals surface area (Å²) in [5.74, 6) is -0.390. The summed E-state index contributed by atoms with van der Waals surface area (Å²) in [6.45, 7) is 3.54. The van der Waals surface area contributed by atoms with Gasteiger partial charge in [0.05, 0.1) is 29.0 Å². The fourth-order valence-electron chi connectivity index (χ4n) is 3.63. The molecule has 1 saturated heterocycles. The number of ether oxygens (including phenoxy) is 1. The van der Waals surface area contributed by atoms with Gasteiger partial charge < -0.3 is 9.64 Å². The summed E-state index contributed by atoms with van der Waals surface area (Å²) >= 11 is 1.14. The SMILES string of the molecule is CCOC(=O)CSc1nc2cc(C(=O)N3CCCC3)ccc2c(=O)n1-c1ccccc1. The number of esters is 1. The zero-order valence-electron chi connectivity index (χ0n) is 17.2. The van der Waals surface area contributed by atoms with Crippen molar-refractivity contribution in [2.24, 2.45) is 0 Å². The van der Waals surface area contributed by atoms with Crippen LogP contribution in [0.3, 0.4) is 0 Å². The number of carbonyl (C=O) groups excluding carboxylic acids is 2. The molecule has 2 heterocycles. The minimum Gasteiger partial charge on any atom is -0.465 e. The molecule has 8 heteroatoms. The van der Waals surface area contributed by atoms with Gasteiger partial charge in [-0.25, -0.2) is 4.98 Å². The Morgan fingerprint density at radius 1 is 1.10 bits per heavy atom. The van der Waals surface area contributed by atoms with Gasteiger partial charge in [-0.3, -0.25) is 19.0 Å². The Morgan fingerprint density at radius 2 is 1.84 bits per heavy atom. The fourth-order valence-corrected chi connectivity index (χ4v) is 4.44. The highest BCUT2D eigenvalue weighted by Gasteiger charge is 2.21. The minimum absolute atomic E-state index is 0.0328. The standard InChI is InChI=1S/C23H23N3O4S/c1-2-30-20(27)15-31-23-24-19-14-16(21(28)25-12-6-7-13-25)10-11-18(19)22(29)26(23)17-8-4-3-5-9-17/h3-5,8-11,14H,2,6-7,12-13,15H2,1H3. The molecule has 1 amide bonds. The normalized spacial score (nSPS) is 13.5. The average molecular weight is 438 g/mol. The molecule has 160 valence electrons. The molecule has 0 N–H and O–H groups in total. The number of likely N-dealkylation sites (tertiary alicyclic amines) is 1. The number of hydrogen-bond donors (Lipinski definition) is 0. The lowest BCUT2D eigenvalue weighted by Crippen LogP contribution is -2.28. The lowest BCUT2D eigenvalue weighted by molar-refractivity contribution is -0.139. The first-order chi connectivity index (χ1) is 15.1. The van der Waals surface area contributed by atoms with Crippen molar-refractivity contribution in [3.05, 3.63) is 64.4 Å². The molecule has 7 nitrogen and oxygen atoms in total. The quantitative estimate of drug-likeness (QED) is 0.334. The van der Waals surface area contributed by atoms with Gasteiger partial charge in [0.2, 0.25) is 0 Å². The number of aromatic nitrogens is 2. The van der Waals surface area contributed by atoms with Gasteiger partial charge in [0.1, 0.15) is 0 Å². The first-order valence-corrected chi connectivity index (χ1v) is 11.3. The zero-order chi connectivity index (χ0) is 21.8. The van der Waals surface area contributed by atoms with Crippen molar-refractivity contribution >= 4 is 34.5 Å². The Morgan fingerprint density at radius 3 is 2.55 bits per heavy atom. The van der Waals surface area contributed by atoms with Crippen LogP contribution in [-0.2, 0) is 9.53 Å². The molecule has 4 rings (SSSR count). The van der Waals surface area contributed by atoms with Crippen LogP contribution in [0.4, 0.5) is 0 Å². The maximum absolute atomic E-state index is 13.4. The van der Waals surface area contributed by atoms with Crippen molar-refractivity contribution in [1.82, 2.24) is 14.5 Å². The van der Waals surface area contributed by atoms with E-state index >= 15 is 0 Å².